The molecule has 2 unspecified atom stereocenters. The highest BCUT2D eigenvalue weighted by atomic mass is 19.1. The summed E-state index contributed by atoms with van der Waals surface area (Å²) >= 11 is 0. The van der Waals surface area contributed by atoms with Crippen LogP contribution in [0.3, 0.4) is 0 Å². The standard InChI is InChI=1S/C17H24FNO2/c1-3-12-5-4-6-14(9-7-12)19-16-11-13(18)8-10-15(16)17(20)21-2/h8,10-12,14,19H,3-7,9H2,1-2H3. The molecule has 0 saturated heterocycles. The third-order valence-corrected chi connectivity index (χ3v) is 4.41. The van der Waals surface area contributed by atoms with Gasteiger partial charge >= 0.3 is 5.97 Å². The number of anilines is 1. The van der Waals surface area contributed by atoms with Crippen molar-refractivity contribution < 1.29 is 13.9 Å². The number of rotatable bonds is 4. The maximum Gasteiger partial charge on any atom is 0.339 e. The number of methoxy groups -OCH3 is 1. The Hall–Kier alpha value is -1.58. The summed E-state index contributed by atoms with van der Waals surface area (Å²) in [4.78, 5) is 11.8. The fourth-order valence-electron chi connectivity index (χ4n) is 3.07. The van der Waals surface area contributed by atoms with E-state index in [-0.39, 0.29) is 5.82 Å². The van der Waals surface area contributed by atoms with E-state index in [4.69, 9.17) is 4.74 Å². The summed E-state index contributed by atoms with van der Waals surface area (Å²) in [6.45, 7) is 2.24. The number of halogens is 1. The smallest absolute Gasteiger partial charge is 0.339 e. The molecule has 1 aromatic rings. The van der Waals surface area contributed by atoms with Crippen molar-refractivity contribution in [3.63, 3.8) is 0 Å². The van der Waals surface area contributed by atoms with Crippen LogP contribution in [0, 0.1) is 11.7 Å². The molecule has 1 saturated carbocycles. The van der Waals surface area contributed by atoms with Gasteiger partial charge in [0.1, 0.15) is 5.82 Å². The number of ether oxygens (including phenoxy) is 1. The minimum absolute atomic E-state index is 0.298. The largest absolute Gasteiger partial charge is 0.465 e. The molecule has 0 radical (unpaired) electrons. The maximum atomic E-state index is 13.5. The van der Waals surface area contributed by atoms with Crippen molar-refractivity contribution in [1.29, 1.82) is 0 Å². The molecule has 116 valence electrons. The summed E-state index contributed by atoms with van der Waals surface area (Å²) in [5.41, 5.74) is 0.942. The van der Waals surface area contributed by atoms with E-state index >= 15 is 0 Å². The van der Waals surface area contributed by atoms with E-state index in [0.717, 1.165) is 18.8 Å². The van der Waals surface area contributed by atoms with Crippen molar-refractivity contribution in [2.45, 2.75) is 51.5 Å². The first-order chi connectivity index (χ1) is 10.1. The Bertz CT molecular complexity index is 490. The van der Waals surface area contributed by atoms with Crippen LogP contribution in [0.4, 0.5) is 10.1 Å². The van der Waals surface area contributed by atoms with Crippen LogP contribution in [0.25, 0.3) is 0 Å². The van der Waals surface area contributed by atoms with E-state index in [2.05, 4.69) is 12.2 Å². The number of hydrogen-bond donors (Lipinski definition) is 1. The number of esters is 1. The van der Waals surface area contributed by atoms with Gasteiger partial charge in [-0.3, -0.25) is 0 Å². The summed E-state index contributed by atoms with van der Waals surface area (Å²) in [7, 11) is 1.34. The molecule has 4 heteroatoms. The molecule has 1 aromatic carbocycles. The second-order valence-corrected chi connectivity index (χ2v) is 5.81. The zero-order valence-electron chi connectivity index (χ0n) is 12.8. The molecule has 0 aliphatic heterocycles. The number of nitrogens with one attached hydrogen (secondary N) is 1. The van der Waals surface area contributed by atoms with Crippen molar-refractivity contribution in [3.05, 3.63) is 29.6 Å². The minimum Gasteiger partial charge on any atom is -0.465 e. The van der Waals surface area contributed by atoms with Crippen LogP contribution in [-0.2, 0) is 4.74 Å². The van der Waals surface area contributed by atoms with Gasteiger partial charge in [-0.15, -0.1) is 0 Å². The van der Waals surface area contributed by atoms with E-state index in [9.17, 15) is 9.18 Å². The Labute approximate surface area is 125 Å². The van der Waals surface area contributed by atoms with Gasteiger partial charge in [0.25, 0.3) is 0 Å². The molecule has 0 spiro atoms. The van der Waals surface area contributed by atoms with E-state index < -0.39 is 5.97 Å². The first-order valence-electron chi connectivity index (χ1n) is 7.78. The highest BCUT2D eigenvalue weighted by Crippen LogP contribution is 2.28. The second-order valence-electron chi connectivity index (χ2n) is 5.81. The molecule has 0 aromatic heterocycles. The van der Waals surface area contributed by atoms with Gasteiger partial charge in [0.05, 0.1) is 18.4 Å². The quantitative estimate of drug-likeness (QED) is 0.661. The van der Waals surface area contributed by atoms with E-state index in [1.165, 1.54) is 51.0 Å². The van der Waals surface area contributed by atoms with E-state index in [1.807, 2.05) is 0 Å². The van der Waals surface area contributed by atoms with Crippen LogP contribution >= 0.6 is 0 Å². The third-order valence-electron chi connectivity index (χ3n) is 4.41. The molecule has 1 aliphatic rings. The lowest BCUT2D eigenvalue weighted by atomic mass is 9.98. The molecule has 1 fully saturated rings. The first-order valence-corrected chi connectivity index (χ1v) is 7.78. The Morgan fingerprint density at radius 2 is 2.14 bits per heavy atom. The Balaban J connectivity index is 2.11. The molecular formula is C17H24FNO2. The maximum absolute atomic E-state index is 13.5. The molecule has 0 amide bonds. The zero-order valence-corrected chi connectivity index (χ0v) is 12.8. The fraction of sp³-hybridized carbons (Fsp3) is 0.588. The summed E-state index contributed by atoms with van der Waals surface area (Å²) in [5, 5.41) is 3.35. The van der Waals surface area contributed by atoms with Crippen LogP contribution < -0.4 is 5.32 Å². The molecule has 3 nitrogen and oxygen atoms in total. The summed E-state index contributed by atoms with van der Waals surface area (Å²) in [5.74, 6) is 0.0205. The molecular weight excluding hydrogens is 269 g/mol. The van der Waals surface area contributed by atoms with Crippen LogP contribution in [0.1, 0.15) is 55.8 Å². The predicted octanol–water partition coefficient (Wildman–Crippen LogP) is 4.38. The topological polar surface area (TPSA) is 38.3 Å². The van der Waals surface area contributed by atoms with Crippen LogP contribution in [0.5, 0.6) is 0 Å². The van der Waals surface area contributed by atoms with E-state index in [1.54, 1.807) is 0 Å². The Morgan fingerprint density at radius 1 is 1.33 bits per heavy atom. The molecule has 2 atom stereocenters. The number of hydrogen-bond acceptors (Lipinski definition) is 3. The SMILES string of the molecule is CCC1CCCC(Nc2cc(F)ccc2C(=O)OC)CC1. The lowest BCUT2D eigenvalue weighted by Crippen LogP contribution is -2.20. The monoisotopic (exact) mass is 293 g/mol. The number of carbonyl (C=O) groups is 1. The highest BCUT2D eigenvalue weighted by molar-refractivity contribution is 5.95. The zero-order chi connectivity index (χ0) is 15.2. The van der Waals surface area contributed by atoms with Gasteiger partial charge in [0.15, 0.2) is 0 Å². The summed E-state index contributed by atoms with van der Waals surface area (Å²) in [6.07, 6.45) is 6.99. The van der Waals surface area contributed by atoms with Gasteiger partial charge < -0.3 is 10.1 Å². The minimum atomic E-state index is -0.433. The van der Waals surface area contributed by atoms with Gasteiger partial charge in [0, 0.05) is 6.04 Å². The molecule has 2 rings (SSSR count). The molecule has 0 heterocycles. The van der Waals surface area contributed by atoms with Gasteiger partial charge in [-0.05, 0) is 43.4 Å². The highest BCUT2D eigenvalue weighted by Gasteiger charge is 2.20. The van der Waals surface area contributed by atoms with Crippen LogP contribution in [-0.4, -0.2) is 19.1 Å². The average Bonchev–Trinajstić information content (AvgIpc) is 2.72. The molecule has 1 N–H and O–H groups in total. The van der Waals surface area contributed by atoms with Crippen molar-refractivity contribution in [2.75, 3.05) is 12.4 Å². The normalized spacial score (nSPS) is 22.4. The van der Waals surface area contributed by atoms with Crippen LogP contribution in [0.15, 0.2) is 18.2 Å². The van der Waals surface area contributed by atoms with Crippen molar-refractivity contribution in [1.82, 2.24) is 0 Å². The first kappa shape index (κ1) is 15.8. The molecule has 21 heavy (non-hydrogen) atoms. The predicted molar refractivity (Wildman–Crippen MR) is 82.0 cm³/mol. The Kier molecular flexibility index (Phi) is 5.59. The lowest BCUT2D eigenvalue weighted by molar-refractivity contribution is 0.0601. The summed E-state index contributed by atoms with van der Waals surface area (Å²) in [6, 6.07) is 4.45. The number of benzene rings is 1. The second kappa shape index (κ2) is 7.43. The van der Waals surface area contributed by atoms with Gasteiger partial charge in [-0.2, -0.15) is 0 Å². The van der Waals surface area contributed by atoms with E-state index in [0.29, 0.717) is 17.3 Å². The molecule has 0 bridgehead atoms. The van der Waals surface area contributed by atoms with Crippen molar-refractivity contribution in [3.8, 4) is 0 Å². The number of carbonyl (C=O) groups excluding carboxylic acids is 1. The average molecular weight is 293 g/mol. The molecule has 1 aliphatic carbocycles. The van der Waals surface area contributed by atoms with Gasteiger partial charge in [-0.25, -0.2) is 9.18 Å². The Morgan fingerprint density at radius 3 is 2.86 bits per heavy atom. The van der Waals surface area contributed by atoms with Gasteiger partial charge in [0.2, 0.25) is 0 Å². The summed E-state index contributed by atoms with van der Waals surface area (Å²) < 4.78 is 18.2. The lowest BCUT2D eigenvalue weighted by Gasteiger charge is -2.20. The van der Waals surface area contributed by atoms with Crippen LogP contribution in [0.2, 0.25) is 0 Å². The third kappa shape index (κ3) is 4.19. The van der Waals surface area contributed by atoms with Crippen molar-refractivity contribution >= 4 is 11.7 Å². The van der Waals surface area contributed by atoms with Crippen molar-refractivity contribution in [2.24, 2.45) is 5.92 Å². The fourth-order valence-corrected chi connectivity index (χ4v) is 3.07. The van der Waals surface area contributed by atoms with Gasteiger partial charge in [-0.1, -0.05) is 26.2 Å².